The Labute approximate surface area is 206 Å². The number of carbonyl (C=O) groups is 2. The molecule has 34 heavy (non-hydrogen) atoms. The first-order chi connectivity index (χ1) is 15.7. The first-order valence-electron chi connectivity index (χ1n) is 12.0. The molecule has 0 aromatic heterocycles. The highest BCUT2D eigenvalue weighted by Gasteiger charge is 2.58. The highest BCUT2D eigenvalue weighted by molar-refractivity contribution is 6.74. The van der Waals surface area contributed by atoms with E-state index in [-0.39, 0.29) is 29.5 Å². The molecule has 6 heteroatoms. The lowest BCUT2D eigenvalue weighted by Crippen LogP contribution is -2.50. The second kappa shape index (κ2) is 10.7. The number of ketones is 1. The number of aldehydes is 1. The van der Waals surface area contributed by atoms with Crippen molar-refractivity contribution in [3.63, 3.8) is 0 Å². The van der Waals surface area contributed by atoms with Crippen LogP contribution in [0.1, 0.15) is 53.5 Å². The lowest BCUT2D eigenvalue weighted by molar-refractivity contribution is -0.148. The van der Waals surface area contributed by atoms with Gasteiger partial charge >= 0.3 is 0 Å². The molecule has 0 bridgehead atoms. The largest absolute Gasteiger partial charge is 0.497 e. The maximum Gasteiger partial charge on any atom is 0.192 e. The van der Waals surface area contributed by atoms with E-state index in [1.165, 1.54) is 0 Å². The number of allylic oxidation sites excluding steroid dienone is 1. The van der Waals surface area contributed by atoms with Crippen molar-refractivity contribution < 1.29 is 23.5 Å². The summed E-state index contributed by atoms with van der Waals surface area (Å²) in [7, 11) is -0.532. The minimum atomic E-state index is -2.16. The van der Waals surface area contributed by atoms with Crippen LogP contribution < -0.4 is 4.74 Å². The quantitative estimate of drug-likeness (QED) is 0.221. The van der Waals surface area contributed by atoms with Gasteiger partial charge in [-0.3, -0.25) is 9.59 Å². The zero-order valence-electron chi connectivity index (χ0n) is 22.4. The van der Waals surface area contributed by atoms with Crippen molar-refractivity contribution in [3.8, 4) is 5.75 Å². The molecule has 4 atom stereocenters. The van der Waals surface area contributed by atoms with Crippen LogP contribution in [0.5, 0.6) is 5.75 Å². The Morgan fingerprint density at radius 3 is 2.26 bits per heavy atom. The van der Waals surface area contributed by atoms with Crippen molar-refractivity contribution in [1.82, 2.24) is 0 Å². The molecule has 1 aromatic carbocycles. The van der Waals surface area contributed by atoms with E-state index in [0.29, 0.717) is 17.6 Å². The van der Waals surface area contributed by atoms with Crippen LogP contribution in [-0.4, -0.2) is 39.2 Å². The predicted molar refractivity (Wildman–Crippen MR) is 139 cm³/mol. The maximum atomic E-state index is 13.7. The summed E-state index contributed by atoms with van der Waals surface area (Å²) < 4.78 is 18.7. The first kappa shape index (κ1) is 28.2. The van der Waals surface area contributed by atoms with Crippen LogP contribution in [-0.2, 0) is 25.4 Å². The molecule has 188 valence electrons. The van der Waals surface area contributed by atoms with Gasteiger partial charge in [0.2, 0.25) is 0 Å². The summed E-state index contributed by atoms with van der Waals surface area (Å²) in [6.07, 6.45) is 2.96. The summed E-state index contributed by atoms with van der Waals surface area (Å²) in [5, 5.41) is 0.00819. The number of Topliss-reactive ketones (excluding diaryl/α,β-unsaturated/α-hetero) is 1. The lowest BCUT2D eigenvalue weighted by atomic mass is 9.82. The van der Waals surface area contributed by atoms with Crippen molar-refractivity contribution >= 4 is 20.4 Å². The van der Waals surface area contributed by atoms with E-state index in [1.807, 2.05) is 30.3 Å². The highest BCUT2D eigenvalue weighted by atomic mass is 28.4. The van der Waals surface area contributed by atoms with Crippen LogP contribution in [0.15, 0.2) is 48.1 Å². The minimum Gasteiger partial charge on any atom is -0.497 e. The molecule has 1 aliphatic rings. The van der Waals surface area contributed by atoms with E-state index in [2.05, 4.69) is 47.4 Å². The summed E-state index contributed by atoms with van der Waals surface area (Å²) >= 11 is 0. The monoisotopic (exact) mass is 486 g/mol. The van der Waals surface area contributed by atoms with Crippen LogP contribution in [0, 0.1) is 11.8 Å². The molecule has 0 spiro atoms. The van der Waals surface area contributed by atoms with E-state index in [1.54, 1.807) is 21.0 Å². The molecule has 0 radical (unpaired) electrons. The van der Waals surface area contributed by atoms with Gasteiger partial charge in [0.15, 0.2) is 14.1 Å². The molecule has 1 fully saturated rings. The zero-order chi connectivity index (χ0) is 25.9. The van der Waals surface area contributed by atoms with E-state index in [0.717, 1.165) is 17.6 Å². The average Bonchev–Trinajstić information content (AvgIpc) is 3.02. The molecular weight excluding hydrogens is 444 g/mol. The summed E-state index contributed by atoms with van der Waals surface area (Å²) in [6, 6.07) is 7.61. The third-order valence-corrected chi connectivity index (χ3v) is 11.8. The van der Waals surface area contributed by atoms with Crippen molar-refractivity contribution in [3.05, 3.63) is 53.6 Å². The maximum absolute atomic E-state index is 13.7. The van der Waals surface area contributed by atoms with Gasteiger partial charge in [-0.05, 0) is 73.2 Å². The number of hydrogen-bond donors (Lipinski definition) is 0. The Hall–Kier alpha value is -2.02. The topological polar surface area (TPSA) is 61.8 Å². The van der Waals surface area contributed by atoms with Crippen molar-refractivity contribution in [2.75, 3.05) is 7.11 Å². The SMILES string of the molecule is C=C(C)C(=O)[C@@]1(OCc2ccc(OC)cc2)C[C@H](C)[C@@H](O[Si](C)(C)C(C)(C)C)[C@@H]1/C=C(\C)C=O. The molecule has 2 rings (SSSR count). The first-order valence-corrected chi connectivity index (χ1v) is 14.9. The standard InChI is InChI=1S/C28H42O5Si/c1-19(2)26(30)28(32-18-22-11-13-23(31-8)14-12-22)16-21(4)25(24(28)15-20(3)17-29)33-34(9,10)27(5,6)7/h11-15,17,21,24-25H,1,16,18H2,2-10H3/b20-15+/t21-,24-,25+,28+/m0/s1. The zero-order valence-corrected chi connectivity index (χ0v) is 23.4. The Balaban J connectivity index is 2.55. The molecule has 1 aromatic rings. The smallest absolute Gasteiger partial charge is 0.192 e. The number of ether oxygens (including phenoxy) is 2. The predicted octanol–water partition coefficient (Wildman–Crippen LogP) is 6.29. The molecule has 1 saturated carbocycles. The third kappa shape index (κ3) is 5.96. The summed E-state index contributed by atoms with van der Waals surface area (Å²) in [4.78, 5) is 25.3. The van der Waals surface area contributed by atoms with Gasteiger partial charge in [0, 0.05) is 5.92 Å². The highest BCUT2D eigenvalue weighted by Crippen LogP contribution is 2.50. The Morgan fingerprint density at radius 1 is 1.21 bits per heavy atom. The molecule has 0 amide bonds. The fourth-order valence-electron chi connectivity index (χ4n) is 4.37. The van der Waals surface area contributed by atoms with Crippen molar-refractivity contribution in [1.29, 1.82) is 0 Å². The lowest BCUT2D eigenvalue weighted by Gasteiger charge is -2.42. The number of hydrogen-bond acceptors (Lipinski definition) is 5. The molecule has 0 aliphatic heterocycles. The van der Waals surface area contributed by atoms with Gasteiger partial charge in [0.1, 0.15) is 17.6 Å². The van der Waals surface area contributed by atoms with Crippen molar-refractivity contribution in [2.45, 2.75) is 84.4 Å². The average molecular weight is 487 g/mol. The van der Waals surface area contributed by atoms with Crippen LogP contribution in [0.2, 0.25) is 18.1 Å². The summed E-state index contributed by atoms with van der Waals surface area (Å²) in [5.74, 6) is 0.295. The second-order valence-corrected chi connectivity index (χ2v) is 16.0. The number of benzene rings is 1. The van der Waals surface area contributed by atoms with Gasteiger partial charge in [-0.25, -0.2) is 0 Å². The molecule has 5 nitrogen and oxygen atoms in total. The summed E-state index contributed by atoms with van der Waals surface area (Å²) in [5.41, 5.74) is 0.792. The fraction of sp³-hybridized carbons (Fsp3) is 0.571. The van der Waals surface area contributed by atoms with Gasteiger partial charge in [-0.2, -0.15) is 0 Å². The van der Waals surface area contributed by atoms with E-state index in [4.69, 9.17) is 13.9 Å². The molecule has 0 saturated heterocycles. The fourth-order valence-corrected chi connectivity index (χ4v) is 5.78. The number of methoxy groups -OCH3 is 1. The van der Waals surface area contributed by atoms with Gasteiger partial charge in [0.05, 0.1) is 19.8 Å². The van der Waals surface area contributed by atoms with Gasteiger partial charge in [-0.15, -0.1) is 0 Å². The molecule has 0 unspecified atom stereocenters. The Bertz CT molecular complexity index is 925. The van der Waals surface area contributed by atoms with Crippen LogP contribution >= 0.6 is 0 Å². The van der Waals surface area contributed by atoms with E-state index < -0.39 is 19.8 Å². The Kier molecular flexibility index (Phi) is 8.89. The second-order valence-electron chi connectivity index (χ2n) is 11.2. The van der Waals surface area contributed by atoms with Gasteiger partial charge < -0.3 is 13.9 Å². The normalized spacial score (nSPS) is 25.8. The van der Waals surface area contributed by atoms with E-state index in [9.17, 15) is 9.59 Å². The molecule has 1 aliphatic carbocycles. The van der Waals surface area contributed by atoms with Gasteiger partial charge in [-0.1, -0.05) is 52.5 Å². The van der Waals surface area contributed by atoms with Gasteiger partial charge in [0.25, 0.3) is 0 Å². The molecule has 0 heterocycles. The van der Waals surface area contributed by atoms with Crippen molar-refractivity contribution in [2.24, 2.45) is 11.8 Å². The van der Waals surface area contributed by atoms with Crippen LogP contribution in [0.25, 0.3) is 0 Å². The third-order valence-electron chi connectivity index (χ3n) is 7.37. The van der Waals surface area contributed by atoms with E-state index >= 15 is 0 Å². The summed E-state index contributed by atoms with van der Waals surface area (Å²) in [6.45, 7) is 20.8. The van der Waals surface area contributed by atoms with Crippen LogP contribution in [0.3, 0.4) is 0 Å². The minimum absolute atomic E-state index is 0.00819. The van der Waals surface area contributed by atoms with Crippen LogP contribution in [0.4, 0.5) is 0 Å². The number of rotatable bonds is 10. The number of carbonyl (C=O) groups excluding carboxylic acids is 2. The Morgan fingerprint density at radius 2 is 1.79 bits per heavy atom. The molecule has 0 N–H and O–H groups in total. The molecular formula is C28H42O5Si.